The molecule has 0 saturated heterocycles. The number of hydrogen-bond acceptors (Lipinski definition) is 6. The van der Waals surface area contributed by atoms with E-state index in [0.29, 0.717) is 22.9 Å². The third-order valence-electron chi connectivity index (χ3n) is 7.85. The standard InChI is InChI=1S/C13H17IN4O.C13H18N4O/c1-9-16-18-11(7-15-13(18)14)12(19)17(9)8-10-5-3-2-4-6-10;1-10-15-17-9-14-7-12(17)13(18)16(10)8-11-5-3-2-4-6-11/h7,10H,2-6,8H2,1H3;7,9,11H,2-6,8H2,1H3. The van der Waals surface area contributed by atoms with Crippen LogP contribution in [0.25, 0.3) is 11.0 Å². The molecule has 37 heavy (non-hydrogen) atoms. The number of rotatable bonds is 4. The number of imidazole rings is 2. The lowest BCUT2D eigenvalue weighted by atomic mass is 9.89. The summed E-state index contributed by atoms with van der Waals surface area (Å²) in [5.74, 6) is 2.80. The maximum absolute atomic E-state index is 12.5. The van der Waals surface area contributed by atoms with Gasteiger partial charge in [-0.2, -0.15) is 10.2 Å². The Balaban J connectivity index is 0.000000152. The van der Waals surface area contributed by atoms with Crippen LogP contribution in [-0.4, -0.2) is 38.3 Å². The number of nitrogens with zero attached hydrogens (tertiary/aromatic N) is 8. The molecule has 0 aliphatic heterocycles. The molecule has 10 nitrogen and oxygen atoms in total. The lowest BCUT2D eigenvalue weighted by Gasteiger charge is -2.23. The second kappa shape index (κ2) is 11.4. The van der Waals surface area contributed by atoms with Crippen LogP contribution in [-0.2, 0) is 13.1 Å². The van der Waals surface area contributed by atoms with Crippen molar-refractivity contribution in [3.05, 3.63) is 54.9 Å². The minimum absolute atomic E-state index is 0.0329. The molecule has 0 bridgehead atoms. The first-order chi connectivity index (χ1) is 17.9. The van der Waals surface area contributed by atoms with Gasteiger partial charge in [0, 0.05) is 35.7 Å². The minimum atomic E-state index is 0.0329. The van der Waals surface area contributed by atoms with Gasteiger partial charge in [0.25, 0.3) is 11.1 Å². The molecule has 0 atom stereocenters. The molecule has 0 radical (unpaired) electrons. The van der Waals surface area contributed by atoms with E-state index in [1.165, 1.54) is 64.2 Å². The lowest BCUT2D eigenvalue weighted by molar-refractivity contribution is 0.311. The van der Waals surface area contributed by atoms with E-state index in [9.17, 15) is 9.59 Å². The summed E-state index contributed by atoms with van der Waals surface area (Å²) in [4.78, 5) is 33.0. The van der Waals surface area contributed by atoms with Gasteiger partial charge in [-0.15, -0.1) is 0 Å². The highest BCUT2D eigenvalue weighted by Gasteiger charge is 2.19. The summed E-state index contributed by atoms with van der Waals surface area (Å²) >= 11 is 2.09. The molecular weight excluding hydrogens is 583 g/mol. The Kier molecular flexibility index (Phi) is 8.06. The van der Waals surface area contributed by atoms with Crippen molar-refractivity contribution >= 4 is 33.6 Å². The molecular formula is C26H35IN8O2. The van der Waals surface area contributed by atoms with E-state index < -0.39 is 0 Å². The van der Waals surface area contributed by atoms with Gasteiger partial charge >= 0.3 is 0 Å². The molecule has 4 aromatic heterocycles. The number of hydrogen-bond donors (Lipinski definition) is 0. The van der Waals surface area contributed by atoms with Crippen LogP contribution in [0.15, 0.2) is 28.3 Å². The summed E-state index contributed by atoms with van der Waals surface area (Å²) in [6.45, 7) is 5.40. The van der Waals surface area contributed by atoms with E-state index in [2.05, 4.69) is 42.8 Å². The molecule has 2 aliphatic rings. The lowest BCUT2D eigenvalue weighted by Crippen LogP contribution is -2.29. The number of halogens is 1. The van der Waals surface area contributed by atoms with Crippen molar-refractivity contribution in [1.82, 2.24) is 38.3 Å². The van der Waals surface area contributed by atoms with Gasteiger partial charge in [-0.3, -0.25) is 18.7 Å². The Morgan fingerprint density at radius 2 is 1.32 bits per heavy atom. The molecule has 2 aliphatic carbocycles. The van der Waals surface area contributed by atoms with Gasteiger partial charge in [0.2, 0.25) is 0 Å². The van der Waals surface area contributed by atoms with Crippen molar-refractivity contribution in [2.75, 3.05) is 0 Å². The zero-order chi connectivity index (χ0) is 25.9. The minimum Gasteiger partial charge on any atom is -0.293 e. The van der Waals surface area contributed by atoms with E-state index in [-0.39, 0.29) is 11.1 Å². The van der Waals surface area contributed by atoms with Crippen LogP contribution in [0.4, 0.5) is 0 Å². The molecule has 4 aromatic rings. The molecule has 4 heterocycles. The first-order valence-corrected chi connectivity index (χ1v) is 14.5. The van der Waals surface area contributed by atoms with Crippen LogP contribution in [0.3, 0.4) is 0 Å². The van der Waals surface area contributed by atoms with Crippen molar-refractivity contribution in [1.29, 1.82) is 0 Å². The smallest absolute Gasteiger partial charge is 0.279 e. The molecule has 198 valence electrons. The largest absolute Gasteiger partial charge is 0.293 e. The molecule has 2 fully saturated rings. The van der Waals surface area contributed by atoms with Crippen LogP contribution in [0.1, 0.15) is 75.9 Å². The summed E-state index contributed by atoms with van der Waals surface area (Å²) in [5.41, 5.74) is 1.21. The van der Waals surface area contributed by atoms with Crippen LogP contribution in [0, 0.1) is 29.5 Å². The summed E-state index contributed by atoms with van der Waals surface area (Å²) in [6, 6.07) is 0. The van der Waals surface area contributed by atoms with Crippen molar-refractivity contribution < 1.29 is 0 Å². The SMILES string of the molecule is Cc1nn2c(I)ncc2c(=O)n1CC1CCCCC1.Cc1nn2cncc2c(=O)n1CC1CCCCC1. The summed E-state index contributed by atoms with van der Waals surface area (Å²) in [7, 11) is 0. The van der Waals surface area contributed by atoms with Crippen molar-refractivity contribution in [2.45, 2.75) is 91.1 Å². The predicted molar refractivity (Wildman–Crippen MR) is 150 cm³/mol. The number of fused-ring (bicyclic) bond motifs is 2. The molecule has 0 aromatic carbocycles. The maximum Gasteiger partial charge on any atom is 0.279 e. The van der Waals surface area contributed by atoms with Crippen molar-refractivity contribution in [3.8, 4) is 0 Å². The fourth-order valence-corrected chi connectivity index (χ4v) is 6.26. The number of aromatic nitrogens is 8. The molecule has 0 N–H and O–H groups in total. The predicted octanol–water partition coefficient (Wildman–Crippen LogP) is 4.16. The quantitative estimate of drug-likeness (QED) is 0.318. The molecule has 2 saturated carbocycles. The van der Waals surface area contributed by atoms with Crippen LogP contribution >= 0.6 is 22.6 Å². The van der Waals surface area contributed by atoms with Gasteiger partial charge in [0.15, 0.2) is 9.35 Å². The molecule has 6 rings (SSSR count). The van der Waals surface area contributed by atoms with Crippen LogP contribution < -0.4 is 11.1 Å². The zero-order valence-electron chi connectivity index (χ0n) is 21.6. The Labute approximate surface area is 229 Å². The van der Waals surface area contributed by atoms with Gasteiger partial charge in [-0.1, -0.05) is 38.5 Å². The van der Waals surface area contributed by atoms with Crippen molar-refractivity contribution in [2.24, 2.45) is 11.8 Å². The second-order valence-corrected chi connectivity index (χ2v) is 11.4. The number of aryl methyl sites for hydroxylation is 2. The maximum atomic E-state index is 12.5. The summed E-state index contributed by atoms with van der Waals surface area (Å²) in [5, 5.41) is 8.85. The fraction of sp³-hybridized carbons (Fsp3) is 0.615. The average molecular weight is 619 g/mol. The first kappa shape index (κ1) is 26.1. The Morgan fingerprint density at radius 3 is 1.92 bits per heavy atom. The summed E-state index contributed by atoms with van der Waals surface area (Å²) in [6.07, 6.45) is 17.6. The van der Waals surface area contributed by atoms with Gasteiger partial charge < -0.3 is 0 Å². The van der Waals surface area contributed by atoms with E-state index in [0.717, 1.165) is 28.6 Å². The van der Waals surface area contributed by atoms with Gasteiger partial charge in [-0.25, -0.2) is 19.0 Å². The first-order valence-electron chi connectivity index (χ1n) is 13.4. The Morgan fingerprint density at radius 1 is 0.784 bits per heavy atom. The van der Waals surface area contributed by atoms with Crippen LogP contribution in [0.5, 0.6) is 0 Å². The third kappa shape index (κ3) is 5.65. The molecule has 0 spiro atoms. The highest BCUT2D eigenvalue weighted by Crippen LogP contribution is 2.25. The molecule has 0 unspecified atom stereocenters. The van der Waals surface area contributed by atoms with Crippen molar-refractivity contribution in [3.63, 3.8) is 0 Å². The van der Waals surface area contributed by atoms with Gasteiger partial charge in [0.05, 0.1) is 12.4 Å². The topological polar surface area (TPSA) is 104 Å². The molecule has 0 amide bonds. The average Bonchev–Trinajstić information content (AvgIpc) is 3.53. The van der Waals surface area contributed by atoms with E-state index in [1.54, 1.807) is 27.8 Å². The third-order valence-corrected chi connectivity index (χ3v) is 8.59. The van der Waals surface area contributed by atoms with Gasteiger partial charge in [-0.05, 0) is 51.4 Å². The zero-order valence-corrected chi connectivity index (χ0v) is 23.8. The van der Waals surface area contributed by atoms with Crippen LogP contribution in [0.2, 0.25) is 0 Å². The summed E-state index contributed by atoms with van der Waals surface area (Å²) < 4.78 is 7.57. The molecule has 11 heteroatoms. The normalized spacial score (nSPS) is 17.3. The highest BCUT2D eigenvalue weighted by molar-refractivity contribution is 14.1. The van der Waals surface area contributed by atoms with E-state index >= 15 is 0 Å². The highest BCUT2D eigenvalue weighted by atomic mass is 127. The Hall–Kier alpha value is -2.57. The fourth-order valence-electron chi connectivity index (χ4n) is 5.75. The monoisotopic (exact) mass is 618 g/mol. The Bertz CT molecular complexity index is 1490. The van der Waals surface area contributed by atoms with E-state index in [4.69, 9.17) is 0 Å². The van der Waals surface area contributed by atoms with E-state index in [1.807, 2.05) is 23.0 Å². The second-order valence-electron chi connectivity index (χ2n) is 10.5. The van der Waals surface area contributed by atoms with Gasteiger partial charge in [0.1, 0.15) is 23.5 Å².